The van der Waals surface area contributed by atoms with Gasteiger partial charge in [-0.25, -0.2) is 8.42 Å². The molecule has 1 amide bonds. The van der Waals surface area contributed by atoms with Crippen LogP contribution < -0.4 is 14.3 Å². The van der Waals surface area contributed by atoms with Crippen LogP contribution in [0.4, 0.5) is 0 Å². The second-order valence-corrected chi connectivity index (χ2v) is 12.5. The van der Waals surface area contributed by atoms with Gasteiger partial charge in [0.25, 0.3) is 5.91 Å². The van der Waals surface area contributed by atoms with Gasteiger partial charge in [0.1, 0.15) is 19.8 Å². The number of nitrogens with zero attached hydrogens (tertiary/aromatic N) is 3. The maximum Gasteiger partial charge on any atom is 0.326 e. The molecule has 2 aromatic carbocycles. The van der Waals surface area contributed by atoms with Crippen molar-refractivity contribution in [3.63, 3.8) is 0 Å². The van der Waals surface area contributed by atoms with Crippen molar-refractivity contribution in [1.29, 1.82) is 0 Å². The number of benzene rings is 2. The van der Waals surface area contributed by atoms with Crippen LogP contribution >= 0.6 is 11.3 Å². The van der Waals surface area contributed by atoms with Gasteiger partial charge in [-0.3, -0.25) is 9.59 Å². The minimum atomic E-state index is -3.68. The van der Waals surface area contributed by atoms with Gasteiger partial charge >= 0.3 is 5.97 Å². The lowest BCUT2D eigenvalue weighted by atomic mass is 9.96. The molecule has 1 aliphatic heterocycles. The first kappa shape index (κ1) is 27.4. The van der Waals surface area contributed by atoms with Crippen LogP contribution in [0.15, 0.2) is 46.3 Å². The van der Waals surface area contributed by atoms with E-state index >= 15 is 0 Å². The molecule has 1 fully saturated rings. The van der Waals surface area contributed by atoms with E-state index in [4.69, 9.17) is 14.2 Å². The monoisotopic (exact) mass is 573 g/mol. The molecule has 3 aromatic rings. The first-order valence-electron chi connectivity index (χ1n) is 13.0. The molecule has 0 radical (unpaired) electrons. The van der Waals surface area contributed by atoms with Crippen LogP contribution in [0.25, 0.3) is 10.2 Å². The quantitative estimate of drug-likeness (QED) is 0.396. The zero-order valence-corrected chi connectivity index (χ0v) is 23.6. The fourth-order valence-corrected chi connectivity index (χ4v) is 7.36. The van der Waals surface area contributed by atoms with Gasteiger partial charge < -0.3 is 18.8 Å². The number of sulfonamides is 1. The fraction of sp³-hybridized carbons (Fsp3) is 0.444. The molecule has 39 heavy (non-hydrogen) atoms. The van der Waals surface area contributed by atoms with Crippen LogP contribution in [-0.2, 0) is 26.1 Å². The zero-order chi connectivity index (χ0) is 27.6. The van der Waals surface area contributed by atoms with E-state index in [0.717, 1.165) is 36.8 Å². The number of fused-ring (bicyclic) bond motifs is 2. The molecule has 0 unspecified atom stereocenters. The number of hydrogen-bond acceptors (Lipinski definition) is 8. The standard InChI is InChI=1S/C27H31N3O7S2/c1-3-35-25(31)17-30-21-15-22-23(37-14-13-36-22)16-24(21)38-27(30)28-26(32)18-9-11-20(12-10-18)39(33,34)29(2)19-7-5-4-6-8-19/h9-12,15-16,19H,3-8,13-14,17H2,1-2H3. The van der Waals surface area contributed by atoms with Crippen molar-refractivity contribution in [2.45, 2.75) is 56.5 Å². The van der Waals surface area contributed by atoms with Crippen molar-refractivity contribution in [2.75, 3.05) is 26.9 Å². The predicted octanol–water partition coefficient (Wildman–Crippen LogP) is 3.73. The van der Waals surface area contributed by atoms with E-state index in [9.17, 15) is 18.0 Å². The van der Waals surface area contributed by atoms with E-state index in [1.54, 1.807) is 24.6 Å². The van der Waals surface area contributed by atoms with Crippen LogP contribution in [0, 0.1) is 0 Å². The molecule has 12 heteroatoms. The topological polar surface area (TPSA) is 117 Å². The van der Waals surface area contributed by atoms with Crippen LogP contribution in [0.2, 0.25) is 0 Å². The summed E-state index contributed by atoms with van der Waals surface area (Å²) in [5, 5.41) is 0. The molecule has 0 N–H and O–H groups in total. The number of ether oxygens (including phenoxy) is 3. The molecule has 1 aliphatic carbocycles. The largest absolute Gasteiger partial charge is 0.486 e. The van der Waals surface area contributed by atoms with Crippen molar-refractivity contribution in [3.05, 3.63) is 46.8 Å². The maximum atomic E-state index is 13.2. The molecule has 0 spiro atoms. The summed E-state index contributed by atoms with van der Waals surface area (Å²) in [7, 11) is -2.05. The predicted molar refractivity (Wildman–Crippen MR) is 146 cm³/mol. The number of carbonyl (C=O) groups excluding carboxylic acids is 2. The van der Waals surface area contributed by atoms with Crippen molar-refractivity contribution in [2.24, 2.45) is 4.99 Å². The fourth-order valence-electron chi connectivity index (χ4n) is 4.91. The summed E-state index contributed by atoms with van der Waals surface area (Å²) in [6.07, 6.45) is 4.89. The Bertz CT molecular complexity index is 1550. The van der Waals surface area contributed by atoms with E-state index in [0.29, 0.717) is 35.0 Å². The molecule has 0 atom stereocenters. The van der Waals surface area contributed by atoms with Gasteiger partial charge in [-0.1, -0.05) is 30.6 Å². The van der Waals surface area contributed by atoms with Gasteiger partial charge in [0.15, 0.2) is 16.3 Å². The molecular weight excluding hydrogens is 542 g/mol. The summed E-state index contributed by atoms with van der Waals surface area (Å²) >= 11 is 1.24. The highest BCUT2D eigenvalue weighted by Crippen LogP contribution is 2.35. The van der Waals surface area contributed by atoms with Crippen LogP contribution in [0.3, 0.4) is 0 Å². The third-order valence-electron chi connectivity index (χ3n) is 7.00. The number of aromatic nitrogens is 1. The van der Waals surface area contributed by atoms with E-state index in [1.165, 1.54) is 39.9 Å². The average molecular weight is 574 g/mol. The van der Waals surface area contributed by atoms with Crippen molar-refractivity contribution in [1.82, 2.24) is 8.87 Å². The Morgan fingerprint density at radius 2 is 1.74 bits per heavy atom. The number of amides is 1. The number of rotatable bonds is 7. The molecule has 1 aromatic heterocycles. The smallest absolute Gasteiger partial charge is 0.326 e. The minimum absolute atomic E-state index is 0.00988. The van der Waals surface area contributed by atoms with Crippen LogP contribution in [-0.4, -0.2) is 62.1 Å². The van der Waals surface area contributed by atoms with Gasteiger partial charge in [-0.05, 0) is 44.0 Å². The summed E-state index contributed by atoms with van der Waals surface area (Å²) in [6, 6.07) is 9.39. The Labute approximate surface area is 230 Å². The van der Waals surface area contributed by atoms with Crippen molar-refractivity contribution >= 4 is 43.5 Å². The van der Waals surface area contributed by atoms with E-state index in [-0.39, 0.29) is 29.7 Å². The molecule has 2 heterocycles. The first-order valence-corrected chi connectivity index (χ1v) is 15.3. The van der Waals surface area contributed by atoms with Gasteiger partial charge in [-0.2, -0.15) is 9.30 Å². The number of carbonyl (C=O) groups is 2. The van der Waals surface area contributed by atoms with Crippen molar-refractivity contribution in [3.8, 4) is 11.5 Å². The minimum Gasteiger partial charge on any atom is -0.486 e. The van der Waals surface area contributed by atoms with Gasteiger partial charge in [-0.15, -0.1) is 0 Å². The SMILES string of the molecule is CCOC(=O)Cn1c(=NC(=O)c2ccc(S(=O)(=O)N(C)C3CCCCC3)cc2)sc2cc3c(cc21)OCCO3. The van der Waals surface area contributed by atoms with Crippen molar-refractivity contribution < 1.29 is 32.2 Å². The molecule has 10 nitrogen and oxygen atoms in total. The lowest BCUT2D eigenvalue weighted by Gasteiger charge is -2.30. The Morgan fingerprint density at radius 1 is 1.08 bits per heavy atom. The lowest BCUT2D eigenvalue weighted by molar-refractivity contribution is -0.143. The van der Waals surface area contributed by atoms with Gasteiger partial charge in [0, 0.05) is 30.8 Å². The lowest BCUT2D eigenvalue weighted by Crippen LogP contribution is -2.38. The number of hydrogen-bond donors (Lipinski definition) is 0. The molecule has 2 aliphatic rings. The zero-order valence-electron chi connectivity index (χ0n) is 21.9. The number of esters is 1. The third kappa shape index (κ3) is 5.73. The number of thiazole rings is 1. The molecule has 0 bridgehead atoms. The van der Waals surface area contributed by atoms with Crippen LogP contribution in [0.5, 0.6) is 11.5 Å². The highest BCUT2D eigenvalue weighted by atomic mass is 32.2. The molecule has 0 saturated heterocycles. The summed E-state index contributed by atoms with van der Waals surface area (Å²) in [5.41, 5.74) is 0.899. The molecule has 5 rings (SSSR count). The first-order chi connectivity index (χ1) is 18.8. The summed E-state index contributed by atoms with van der Waals surface area (Å²) in [6.45, 7) is 2.67. The second-order valence-electron chi connectivity index (χ2n) is 9.49. The van der Waals surface area contributed by atoms with Crippen LogP contribution in [0.1, 0.15) is 49.4 Å². The summed E-state index contributed by atoms with van der Waals surface area (Å²) < 4.78 is 46.7. The molecular formula is C27H31N3O7S2. The van der Waals surface area contributed by atoms with Gasteiger partial charge in [0.05, 0.1) is 21.7 Å². The Balaban J connectivity index is 1.46. The van der Waals surface area contributed by atoms with E-state index in [1.807, 2.05) is 6.07 Å². The Hall–Kier alpha value is -3.22. The highest BCUT2D eigenvalue weighted by molar-refractivity contribution is 7.89. The summed E-state index contributed by atoms with van der Waals surface area (Å²) in [4.78, 5) is 30.3. The maximum absolute atomic E-state index is 13.2. The average Bonchev–Trinajstić information content (AvgIpc) is 3.27. The molecule has 1 saturated carbocycles. The second kappa shape index (κ2) is 11.5. The highest BCUT2D eigenvalue weighted by Gasteiger charge is 2.29. The normalized spacial score (nSPS) is 16.5. The Morgan fingerprint density at radius 3 is 2.41 bits per heavy atom. The summed E-state index contributed by atoms with van der Waals surface area (Å²) in [5.74, 6) is 0.127. The van der Waals surface area contributed by atoms with E-state index in [2.05, 4.69) is 4.99 Å². The Kier molecular flexibility index (Phi) is 8.06. The third-order valence-corrected chi connectivity index (χ3v) is 9.97. The van der Waals surface area contributed by atoms with Gasteiger partial charge in [0.2, 0.25) is 10.0 Å². The van der Waals surface area contributed by atoms with E-state index < -0.39 is 21.9 Å². The molecule has 208 valence electrons.